The number of aliphatic carboxylic acids is 1. The zero-order valence-corrected chi connectivity index (χ0v) is 10.5. The Bertz CT molecular complexity index is 531. The molecule has 1 aromatic carbocycles. The second-order valence-electron chi connectivity index (χ2n) is 3.35. The Morgan fingerprint density at radius 3 is 2.93 bits per heavy atom. The summed E-state index contributed by atoms with van der Waals surface area (Å²) in [5.74, 6) is -0.780. The molecule has 0 atom stereocenters. The van der Waals surface area contributed by atoms with Gasteiger partial charge in [0.25, 0.3) is 0 Å². The molecular weight excluding hydrogens is 276 g/mol. The highest BCUT2D eigenvalue weighted by molar-refractivity contribution is 9.10. The smallest absolute Gasteiger partial charge is 0.307 e. The van der Waals surface area contributed by atoms with E-state index in [1.54, 1.807) is 11.3 Å². The van der Waals surface area contributed by atoms with Crippen LogP contribution in [0.4, 0.5) is 0 Å². The van der Waals surface area contributed by atoms with Crippen LogP contribution >= 0.6 is 27.3 Å². The lowest BCUT2D eigenvalue weighted by Crippen LogP contribution is -2.00. The van der Waals surface area contributed by atoms with Gasteiger partial charge >= 0.3 is 5.97 Å². The summed E-state index contributed by atoms with van der Waals surface area (Å²) in [5, 5.41) is 9.88. The molecule has 0 amide bonds. The number of halogens is 1. The maximum atomic E-state index is 10.7. The minimum atomic E-state index is -0.780. The molecule has 78 valence electrons. The van der Waals surface area contributed by atoms with Crippen molar-refractivity contribution in [3.8, 4) is 0 Å². The first-order chi connectivity index (χ1) is 7.08. The zero-order chi connectivity index (χ0) is 11.0. The van der Waals surface area contributed by atoms with E-state index in [4.69, 9.17) is 5.11 Å². The van der Waals surface area contributed by atoms with Crippen LogP contribution in [0.5, 0.6) is 0 Å². The summed E-state index contributed by atoms with van der Waals surface area (Å²) >= 11 is 5.04. The van der Waals surface area contributed by atoms with E-state index in [1.165, 1.54) is 0 Å². The van der Waals surface area contributed by atoms with E-state index in [0.29, 0.717) is 0 Å². The Hall–Kier alpha value is -0.870. The van der Waals surface area contributed by atoms with Crippen LogP contribution < -0.4 is 0 Å². The molecule has 0 fully saturated rings. The molecule has 2 aromatic rings. The summed E-state index contributed by atoms with van der Waals surface area (Å²) in [4.78, 5) is 11.8. The fraction of sp³-hybridized carbons (Fsp3) is 0.182. The molecule has 0 aliphatic heterocycles. The summed E-state index contributed by atoms with van der Waals surface area (Å²) in [6, 6.07) is 5.97. The van der Waals surface area contributed by atoms with Crippen molar-refractivity contribution in [2.24, 2.45) is 0 Å². The number of benzene rings is 1. The summed E-state index contributed by atoms with van der Waals surface area (Å²) in [6.07, 6.45) is 0.0995. The van der Waals surface area contributed by atoms with Gasteiger partial charge in [0.1, 0.15) is 0 Å². The van der Waals surface area contributed by atoms with Crippen molar-refractivity contribution in [2.45, 2.75) is 13.3 Å². The lowest BCUT2D eigenvalue weighted by molar-refractivity contribution is -0.136. The zero-order valence-electron chi connectivity index (χ0n) is 8.08. The first-order valence-corrected chi connectivity index (χ1v) is 6.08. The number of hydrogen-bond acceptors (Lipinski definition) is 2. The highest BCUT2D eigenvalue weighted by Gasteiger charge is 2.12. The Labute approximate surface area is 99.7 Å². The van der Waals surface area contributed by atoms with Crippen molar-refractivity contribution in [2.75, 3.05) is 0 Å². The van der Waals surface area contributed by atoms with Crippen LogP contribution in [0.25, 0.3) is 10.1 Å². The largest absolute Gasteiger partial charge is 0.481 e. The maximum Gasteiger partial charge on any atom is 0.307 e. The minimum absolute atomic E-state index is 0.0995. The van der Waals surface area contributed by atoms with Gasteiger partial charge < -0.3 is 5.11 Å². The molecule has 2 rings (SSSR count). The number of aryl methyl sites for hydroxylation is 1. The van der Waals surface area contributed by atoms with Crippen LogP contribution in [0.1, 0.15) is 10.4 Å². The number of hydrogen-bond donors (Lipinski definition) is 1. The molecule has 1 aromatic heterocycles. The predicted molar refractivity (Wildman–Crippen MR) is 65.6 cm³/mol. The van der Waals surface area contributed by atoms with E-state index in [2.05, 4.69) is 15.9 Å². The highest BCUT2D eigenvalue weighted by Crippen LogP contribution is 2.33. The van der Waals surface area contributed by atoms with Crippen molar-refractivity contribution in [3.63, 3.8) is 0 Å². The third-order valence-corrected chi connectivity index (χ3v) is 3.90. The molecule has 0 unspecified atom stereocenters. The molecule has 15 heavy (non-hydrogen) atoms. The van der Waals surface area contributed by atoms with E-state index in [0.717, 1.165) is 25.0 Å². The molecular formula is C11H9BrO2S. The lowest BCUT2D eigenvalue weighted by Gasteiger charge is -1.97. The molecule has 1 heterocycles. The average Bonchev–Trinajstić information content (AvgIpc) is 2.43. The molecule has 0 bridgehead atoms. The van der Waals surface area contributed by atoms with E-state index in [-0.39, 0.29) is 6.42 Å². The van der Waals surface area contributed by atoms with Crippen molar-refractivity contribution >= 4 is 43.3 Å². The molecule has 2 nitrogen and oxygen atoms in total. The van der Waals surface area contributed by atoms with Gasteiger partial charge in [-0.25, -0.2) is 0 Å². The second kappa shape index (κ2) is 3.94. The standard InChI is InChI=1S/C11H9BrO2S/c1-6-8(5-11(13)14)9-4-7(12)2-3-10(9)15-6/h2-4H,5H2,1H3,(H,13,14). The number of carbonyl (C=O) groups is 1. The molecule has 0 aliphatic rings. The topological polar surface area (TPSA) is 37.3 Å². The molecule has 0 saturated heterocycles. The van der Waals surface area contributed by atoms with Crippen molar-refractivity contribution in [1.82, 2.24) is 0 Å². The number of carboxylic acids is 1. The number of thiophene rings is 1. The second-order valence-corrected chi connectivity index (χ2v) is 5.52. The highest BCUT2D eigenvalue weighted by atomic mass is 79.9. The lowest BCUT2D eigenvalue weighted by atomic mass is 10.1. The summed E-state index contributed by atoms with van der Waals surface area (Å²) in [6.45, 7) is 1.97. The fourth-order valence-electron chi connectivity index (χ4n) is 1.61. The van der Waals surface area contributed by atoms with Crippen LogP contribution in [-0.4, -0.2) is 11.1 Å². The Morgan fingerprint density at radius 1 is 1.53 bits per heavy atom. The van der Waals surface area contributed by atoms with Crippen LogP contribution in [-0.2, 0) is 11.2 Å². The first kappa shape index (κ1) is 10.6. The van der Waals surface area contributed by atoms with Gasteiger partial charge in [0, 0.05) is 14.0 Å². The third-order valence-electron chi connectivity index (χ3n) is 2.28. The van der Waals surface area contributed by atoms with Gasteiger partial charge in [0.05, 0.1) is 6.42 Å². The summed E-state index contributed by atoms with van der Waals surface area (Å²) in [5.41, 5.74) is 0.934. The van der Waals surface area contributed by atoms with E-state index in [1.807, 2.05) is 25.1 Å². The molecule has 0 spiro atoms. The summed E-state index contributed by atoms with van der Waals surface area (Å²) < 4.78 is 2.13. The van der Waals surface area contributed by atoms with E-state index < -0.39 is 5.97 Å². The maximum absolute atomic E-state index is 10.7. The molecule has 1 N–H and O–H groups in total. The Morgan fingerprint density at radius 2 is 2.27 bits per heavy atom. The van der Waals surface area contributed by atoms with Crippen LogP contribution in [0.15, 0.2) is 22.7 Å². The predicted octanol–water partition coefficient (Wildman–Crippen LogP) is 3.60. The first-order valence-electron chi connectivity index (χ1n) is 4.47. The van der Waals surface area contributed by atoms with Crippen LogP contribution in [0.2, 0.25) is 0 Å². The average molecular weight is 285 g/mol. The molecule has 0 saturated carbocycles. The van der Waals surface area contributed by atoms with Gasteiger partial charge in [0.15, 0.2) is 0 Å². The van der Waals surface area contributed by atoms with Crippen molar-refractivity contribution in [3.05, 3.63) is 33.1 Å². The van der Waals surface area contributed by atoms with Gasteiger partial charge in [-0.05, 0) is 36.1 Å². The van der Waals surface area contributed by atoms with Gasteiger partial charge in [-0.15, -0.1) is 11.3 Å². The molecule has 0 radical (unpaired) electrons. The fourth-order valence-corrected chi connectivity index (χ4v) is 3.04. The SMILES string of the molecule is Cc1sc2ccc(Br)cc2c1CC(=O)O. The van der Waals surface area contributed by atoms with Crippen LogP contribution in [0.3, 0.4) is 0 Å². The van der Waals surface area contributed by atoms with Crippen molar-refractivity contribution < 1.29 is 9.90 Å². The molecule has 4 heteroatoms. The number of carboxylic acid groups (broad SMARTS) is 1. The van der Waals surface area contributed by atoms with E-state index >= 15 is 0 Å². The van der Waals surface area contributed by atoms with Crippen molar-refractivity contribution in [1.29, 1.82) is 0 Å². The quantitative estimate of drug-likeness (QED) is 0.915. The molecule has 0 aliphatic carbocycles. The third kappa shape index (κ3) is 2.06. The van der Waals surface area contributed by atoms with Gasteiger partial charge in [-0.1, -0.05) is 15.9 Å². The summed E-state index contributed by atoms with van der Waals surface area (Å²) in [7, 11) is 0. The minimum Gasteiger partial charge on any atom is -0.481 e. The Balaban J connectivity index is 2.65. The van der Waals surface area contributed by atoms with E-state index in [9.17, 15) is 4.79 Å². The normalized spacial score (nSPS) is 10.8. The van der Waals surface area contributed by atoms with Gasteiger partial charge in [0.2, 0.25) is 0 Å². The van der Waals surface area contributed by atoms with Crippen LogP contribution in [0, 0.1) is 6.92 Å². The number of fused-ring (bicyclic) bond motifs is 1. The van der Waals surface area contributed by atoms with Gasteiger partial charge in [-0.2, -0.15) is 0 Å². The monoisotopic (exact) mass is 284 g/mol. The van der Waals surface area contributed by atoms with Gasteiger partial charge in [-0.3, -0.25) is 4.79 Å². The number of rotatable bonds is 2. The Kier molecular flexibility index (Phi) is 2.80.